The predicted octanol–water partition coefficient (Wildman–Crippen LogP) is 2.08. The number of carboxylic acid groups (broad SMARTS) is 1. The average Bonchev–Trinajstić information content (AvgIpc) is 2.51. The summed E-state index contributed by atoms with van der Waals surface area (Å²) < 4.78 is 15.3. The summed E-state index contributed by atoms with van der Waals surface area (Å²) in [6, 6.07) is 2.90. The fourth-order valence-corrected chi connectivity index (χ4v) is 1.85. The summed E-state index contributed by atoms with van der Waals surface area (Å²) in [6.45, 7) is 2.80. The van der Waals surface area contributed by atoms with E-state index in [-0.39, 0.29) is 29.2 Å². The van der Waals surface area contributed by atoms with Gasteiger partial charge in [0, 0.05) is 13.3 Å². The van der Waals surface area contributed by atoms with Crippen molar-refractivity contribution in [2.45, 2.75) is 20.3 Å². The number of hydrogen-bond acceptors (Lipinski definition) is 6. The lowest BCUT2D eigenvalue weighted by atomic mass is 10.0. The number of benzene rings is 1. The van der Waals surface area contributed by atoms with E-state index in [1.54, 1.807) is 6.92 Å². The molecule has 0 atom stereocenters. The Morgan fingerprint density at radius 3 is 2.00 bits per heavy atom. The van der Waals surface area contributed by atoms with Crippen LogP contribution in [-0.4, -0.2) is 37.0 Å². The highest BCUT2D eigenvalue weighted by atomic mass is 16.6. The third-order valence-corrected chi connectivity index (χ3v) is 2.89. The Kier molecular flexibility index (Phi) is 6.32. The van der Waals surface area contributed by atoms with Crippen LogP contribution in [-0.2, 0) is 14.4 Å². The van der Waals surface area contributed by atoms with E-state index in [0.29, 0.717) is 5.56 Å². The molecule has 1 aromatic carbocycles. The molecule has 0 aliphatic heterocycles. The minimum atomic E-state index is -1.32. The highest BCUT2D eigenvalue weighted by Crippen LogP contribution is 2.39. The largest absolute Gasteiger partial charge is 0.493 e. The number of methoxy groups -OCH3 is 2. The minimum Gasteiger partial charge on any atom is -0.493 e. The number of carbonyl (C=O) groups is 3. The summed E-state index contributed by atoms with van der Waals surface area (Å²) >= 11 is 0. The maximum Gasteiger partial charge on any atom is 0.339 e. The van der Waals surface area contributed by atoms with Crippen LogP contribution in [0.1, 0.15) is 25.8 Å². The van der Waals surface area contributed by atoms with Crippen LogP contribution in [0.15, 0.2) is 17.7 Å². The van der Waals surface area contributed by atoms with Crippen molar-refractivity contribution in [2.75, 3.05) is 14.2 Å². The number of carboxylic acids is 1. The summed E-state index contributed by atoms with van der Waals surface area (Å²) in [6.07, 6.45) is 1.29. The van der Waals surface area contributed by atoms with Gasteiger partial charge < -0.3 is 19.3 Å². The first-order chi connectivity index (χ1) is 10.8. The van der Waals surface area contributed by atoms with Crippen molar-refractivity contribution in [3.8, 4) is 17.2 Å². The van der Waals surface area contributed by atoms with Gasteiger partial charge in [0.05, 0.1) is 14.2 Å². The fraction of sp³-hybridized carbons (Fsp3) is 0.312. The van der Waals surface area contributed by atoms with E-state index in [1.807, 2.05) is 0 Å². The van der Waals surface area contributed by atoms with Crippen LogP contribution >= 0.6 is 0 Å². The van der Waals surface area contributed by atoms with E-state index < -0.39 is 17.7 Å². The third kappa shape index (κ3) is 4.57. The monoisotopic (exact) mass is 322 g/mol. The Labute approximate surface area is 133 Å². The molecule has 0 saturated carbocycles. The molecule has 0 radical (unpaired) electrons. The second-order valence-corrected chi connectivity index (χ2v) is 4.49. The Hall–Kier alpha value is -2.83. The van der Waals surface area contributed by atoms with Crippen molar-refractivity contribution in [1.82, 2.24) is 0 Å². The van der Waals surface area contributed by atoms with Crippen molar-refractivity contribution in [3.05, 3.63) is 23.3 Å². The average molecular weight is 322 g/mol. The van der Waals surface area contributed by atoms with Crippen LogP contribution in [0.4, 0.5) is 0 Å². The van der Waals surface area contributed by atoms with E-state index in [2.05, 4.69) is 0 Å². The molecule has 0 aromatic heterocycles. The van der Waals surface area contributed by atoms with Gasteiger partial charge in [-0.15, -0.1) is 0 Å². The van der Waals surface area contributed by atoms with E-state index in [1.165, 1.54) is 39.4 Å². The smallest absolute Gasteiger partial charge is 0.339 e. The van der Waals surface area contributed by atoms with Crippen LogP contribution in [0.25, 0.3) is 6.08 Å². The van der Waals surface area contributed by atoms with E-state index >= 15 is 0 Å². The molecule has 0 aliphatic carbocycles. The molecule has 23 heavy (non-hydrogen) atoms. The SMILES string of the molecule is CCC(=O)/C(=C\c1cc(OC)c(OC(C)=O)c(OC)c1)C(=O)O. The maximum absolute atomic E-state index is 11.7. The molecule has 0 bridgehead atoms. The number of hydrogen-bond donors (Lipinski definition) is 1. The topological polar surface area (TPSA) is 99.1 Å². The highest BCUT2D eigenvalue weighted by molar-refractivity contribution is 6.19. The second-order valence-electron chi connectivity index (χ2n) is 4.49. The van der Waals surface area contributed by atoms with Crippen molar-refractivity contribution >= 4 is 23.8 Å². The van der Waals surface area contributed by atoms with Gasteiger partial charge in [0.1, 0.15) is 5.57 Å². The molecule has 1 aromatic rings. The van der Waals surface area contributed by atoms with Crippen LogP contribution in [0.3, 0.4) is 0 Å². The van der Waals surface area contributed by atoms with Crippen LogP contribution in [0, 0.1) is 0 Å². The molecule has 0 saturated heterocycles. The molecule has 124 valence electrons. The fourth-order valence-electron chi connectivity index (χ4n) is 1.85. The molecule has 0 heterocycles. The summed E-state index contributed by atoms with van der Waals surface area (Å²) in [5.41, 5.74) is 0.0191. The second kappa shape index (κ2) is 7.98. The van der Waals surface area contributed by atoms with E-state index in [0.717, 1.165) is 0 Å². The molecule has 7 nitrogen and oxygen atoms in total. The number of ketones is 1. The van der Waals surface area contributed by atoms with Crippen molar-refractivity contribution in [2.24, 2.45) is 0 Å². The summed E-state index contributed by atoms with van der Waals surface area (Å²) in [4.78, 5) is 34.1. The van der Waals surface area contributed by atoms with Crippen LogP contribution in [0.2, 0.25) is 0 Å². The van der Waals surface area contributed by atoms with E-state index in [9.17, 15) is 14.4 Å². The van der Waals surface area contributed by atoms with Gasteiger partial charge in [0.2, 0.25) is 5.75 Å². The predicted molar refractivity (Wildman–Crippen MR) is 81.8 cm³/mol. The van der Waals surface area contributed by atoms with Gasteiger partial charge in [-0.2, -0.15) is 0 Å². The summed E-state index contributed by atoms with van der Waals surface area (Å²) in [5.74, 6) is -1.94. The Morgan fingerprint density at radius 1 is 1.13 bits per heavy atom. The summed E-state index contributed by atoms with van der Waals surface area (Å²) in [7, 11) is 2.73. The van der Waals surface area contributed by atoms with Gasteiger partial charge in [-0.25, -0.2) is 4.79 Å². The Bertz CT molecular complexity index is 633. The standard InChI is InChI=1S/C16H18O7/c1-5-12(18)11(16(19)20)6-10-7-13(21-3)15(23-9(2)17)14(8-10)22-4/h6-8H,5H2,1-4H3,(H,19,20)/b11-6+. The molecule has 0 amide bonds. The molecule has 0 aliphatic rings. The number of esters is 1. The van der Waals surface area contributed by atoms with Gasteiger partial charge in [0.15, 0.2) is 17.3 Å². The quantitative estimate of drug-likeness (QED) is 0.270. The van der Waals surface area contributed by atoms with Crippen molar-refractivity contribution in [1.29, 1.82) is 0 Å². The normalized spacial score (nSPS) is 10.9. The van der Waals surface area contributed by atoms with Gasteiger partial charge >= 0.3 is 11.9 Å². The zero-order chi connectivity index (χ0) is 17.6. The molecule has 1 N–H and O–H groups in total. The number of ether oxygens (including phenoxy) is 3. The minimum absolute atomic E-state index is 0.0674. The van der Waals surface area contributed by atoms with Gasteiger partial charge in [-0.1, -0.05) is 6.92 Å². The lowest BCUT2D eigenvalue weighted by Gasteiger charge is -2.13. The molecule has 0 spiro atoms. The molecule has 1 rings (SSSR count). The first-order valence-corrected chi connectivity index (χ1v) is 6.76. The highest BCUT2D eigenvalue weighted by Gasteiger charge is 2.19. The Balaban J connectivity index is 3.46. The first kappa shape index (κ1) is 18.2. The van der Waals surface area contributed by atoms with Crippen LogP contribution < -0.4 is 14.2 Å². The number of aliphatic carboxylic acids is 1. The Morgan fingerprint density at radius 2 is 1.65 bits per heavy atom. The zero-order valence-electron chi connectivity index (χ0n) is 13.3. The third-order valence-electron chi connectivity index (χ3n) is 2.89. The molecular weight excluding hydrogens is 304 g/mol. The van der Waals surface area contributed by atoms with Crippen LogP contribution in [0.5, 0.6) is 17.2 Å². The van der Waals surface area contributed by atoms with Gasteiger partial charge in [0.25, 0.3) is 0 Å². The van der Waals surface area contributed by atoms with Crippen molar-refractivity contribution < 1.29 is 33.7 Å². The number of rotatable bonds is 7. The first-order valence-electron chi connectivity index (χ1n) is 6.76. The molecule has 7 heteroatoms. The molecular formula is C16H18O7. The zero-order valence-corrected chi connectivity index (χ0v) is 13.3. The summed E-state index contributed by atoms with van der Waals surface area (Å²) in [5, 5.41) is 9.14. The van der Waals surface area contributed by atoms with Gasteiger partial charge in [-0.3, -0.25) is 9.59 Å². The van der Waals surface area contributed by atoms with Gasteiger partial charge in [-0.05, 0) is 23.8 Å². The number of carbonyl (C=O) groups excluding carboxylic acids is 2. The lowest BCUT2D eigenvalue weighted by molar-refractivity contribution is -0.135. The maximum atomic E-state index is 11.7. The molecule has 0 fully saturated rings. The lowest BCUT2D eigenvalue weighted by Crippen LogP contribution is -2.11. The number of Topliss-reactive ketones (excluding diaryl/α,β-unsaturated/α-hetero) is 1. The van der Waals surface area contributed by atoms with E-state index in [4.69, 9.17) is 19.3 Å². The van der Waals surface area contributed by atoms with Crippen molar-refractivity contribution in [3.63, 3.8) is 0 Å². The molecule has 0 unspecified atom stereocenters.